The van der Waals surface area contributed by atoms with E-state index >= 15 is 0 Å². The summed E-state index contributed by atoms with van der Waals surface area (Å²) in [7, 11) is 1.76. The Hall–Kier alpha value is -2.05. The molecule has 0 amide bonds. The number of ether oxygens (including phenoxy) is 2. The Morgan fingerprint density at radius 3 is 2.44 bits per heavy atom. The number of methoxy groups -OCH3 is 2. The van der Waals surface area contributed by atoms with Gasteiger partial charge >= 0.3 is 0 Å². The van der Waals surface area contributed by atoms with Crippen molar-refractivity contribution in [1.29, 1.82) is 0 Å². The van der Waals surface area contributed by atoms with Crippen LogP contribution in [-0.2, 0) is 23.6 Å². The number of aromatic nitrogens is 1. The van der Waals surface area contributed by atoms with Crippen LogP contribution >= 0.6 is 24.8 Å². The van der Waals surface area contributed by atoms with Crippen molar-refractivity contribution in [3.05, 3.63) is 45.7 Å². The van der Waals surface area contributed by atoms with Gasteiger partial charge in [-0.2, -0.15) is 17.8 Å². The van der Waals surface area contributed by atoms with Crippen molar-refractivity contribution >= 4 is 44.9 Å². The quantitative estimate of drug-likeness (QED) is 0.492. The molecule has 0 spiro atoms. The molecule has 34 heavy (non-hydrogen) atoms. The molecule has 1 aromatic carbocycles. The maximum Gasteiger partial charge on any atom is 0.259 e. The normalized spacial score (nSPS) is 17.5. The van der Waals surface area contributed by atoms with Crippen LogP contribution in [0, 0.1) is 0 Å². The number of aryl methyl sites for hydroxylation is 1. The SMILES string of the molecule is COc1ccc(-c2cn(C)c(=O)c3cc(CN4CCN(S(C)(=O)=O)[C@@H](C)C4)sc23)cc1OC.S. The monoisotopic (exact) mass is 525 g/mol. The molecule has 0 aliphatic carbocycles. The molecule has 2 aromatic heterocycles. The standard InChI is InChI=1S/C23H29N3O5S2.H2S/c1-15-12-25(8-9-26(15)33(5,28)29)13-17-11-18-22(32-17)19(14-24(2)23(18)27)16-6-7-20(30-3)21(10-16)31-4;/h6-7,10-11,14-15H,8-9,12-13H2,1-5H3;1H2/t15-;/m0./s1. The number of rotatable bonds is 6. The highest BCUT2D eigenvalue weighted by Gasteiger charge is 2.30. The van der Waals surface area contributed by atoms with E-state index in [1.165, 1.54) is 6.26 Å². The van der Waals surface area contributed by atoms with Gasteiger partial charge in [0.05, 0.1) is 25.9 Å². The highest BCUT2D eigenvalue weighted by Crippen LogP contribution is 2.37. The zero-order chi connectivity index (χ0) is 23.9. The smallest absolute Gasteiger partial charge is 0.259 e. The first-order chi connectivity index (χ1) is 15.6. The molecule has 3 aromatic rings. The third-order valence-corrected chi connectivity index (χ3v) is 8.60. The average molecular weight is 526 g/mol. The van der Waals surface area contributed by atoms with Gasteiger partial charge in [-0.1, -0.05) is 6.07 Å². The molecule has 1 fully saturated rings. The van der Waals surface area contributed by atoms with Crippen LogP contribution < -0.4 is 15.0 Å². The lowest BCUT2D eigenvalue weighted by atomic mass is 10.1. The molecule has 0 unspecified atom stereocenters. The van der Waals surface area contributed by atoms with Crippen molar-refractivity contribution in [1.82, 2.24) is 13.8 Å². The van der Waals surface area contributed by atoms with Gasteiger partial charge < -0.3 is 14.0 Å². The number of nitrogens with zero attached hydrogens (tertiary/aromatic N) is 3. The van der Waals surface area contributed by atoms with E-state index in [1.807, 2.05) is 37.4 Å². The molecular formula is C23H31N3O5S3. The van der Waals surface area contributed by atoms with Gasteiger partial charge in [-0.05, 0) is 30.7 Å². The third kappa shape index (κ3) is 5.13. The number of thiophene rings is 1. The van der Waals surface area contributed by atoms with Crippen LogP contribution in [0.3, 0.4) is 0 Å². The Kier molecular flexibility index (Phi) is 8.03. The van der Waals surface area contributed by atoms with Crippen LogP contribution in [0.5, 0.6) is 11.5 Å². The number of pyridine rings is 1. The average Bonchev–Trinajstić information content (AvgIpc) is 3.18. The van der Waals surface area contributed by atoms with Crippen molar-refractivity contribution in [3.63, 3.8) is 0 Å². The lowest BCUT2D eigenvalue weighted by Crippen LogP contribution is -2.53. The summed E-state index contributed by atoms with van der Waals surface area (Å²) < 4.78 is 38.9. The molecule has 1 saturated heterocycles. The molecule has 0 radical (unpaired) electrons. The second kappa shape index (κ2) is 10.3. The highest BCUT2D eigenvalue weighted by molar-refractivity contribution is 7.88. The van der Waals surface area contributed by atoms with Crippen LogP contribution in [0.25, 0.3) is 21.2 Å². The molecule has 0 saturated carbocycles. The number of sulfonamides is 1. The number of piperazine rings is 1. The predicted molar refractivity (Wildman–Crippen MR) is 142 cm³/mol. The van der Waals surface area contributed by atoms with E-state index in [0.717, 1.165) is 20.7 Å². The fourth-order valence-electron chi connectivity index (χ4n) is 4.46. The Bertz CT molecular complexity index is 1350. The van der Waals surface area contributed by atoms with Gasteiger partial charge in [0, 0.05) is 60.6 Å². The third-order valence-electron chi connectivity index (χ3n) is 6.05. The Balaban J connectivity index is 0.00000324. The first-order valence-corrected chi connectivity index (χ1v) is 13.3. The van der Waals surface area contributed by atoms with E-state index in [0.29, 0.717) is 43.1 Å². The molecule has 186 valence electrons. The van der Waals surface area contributed by atoms with E-state index in [1.54, 1.807) is 41.5 Å². The van der Waals surface area contributed by atoms with Crippen molar-refractivity contribution in [2.75, 3.05) is 40.1 Å². The Morgan fingerprint density at radius 1 is 1.12 bits per heavy atom. The van der Waals surface area contributed by atoms with Crippen LogP contribution in [0.1, 0.15) is 11.8 Å². The molecule has 1 atom stereocenters. The van der Waals surface area contributed by atoms with Gasteiger partial charge in [0.1, 0.15) is 0 Å². The topological polar surface area (TPSA) is 81.1 Å². The summed E-state index contributed by atoms with van der Waals surface area (Å²) in [6.07, 6.45) is 3.12. The molecule has 1 aliphatic rings. The molecular weight excluding hydrogens is 494 g/mol. The van der Waals surface area contributed by atoms with Crippen molar-refractivity contribution in [3.8, 4) is 22.6 Å². The van der Waals surface area contributed by atoms with Crippen LogP contribution in [0.4, 0.5) is 0 Å². The number of benzene rings is 1. The van der Waals surface area contributed by atoms with Gasteiger partial charge in [-0.15, -0.1) is 11.3 Å². The van der Waals surface area contributed by atoms with E-state index < -0.39 is 10.0 Å². The fraction of sp³-hybridized carbons (Fsp3) is 0.435. The molecule has 4 rings (SSSR count). The second-order valence-electron chi connectivity index (χ2n) is 8.44. The van der Waals surface area contributed by atoms with Crippen molar-refractivity contribution < 1.29 is 17.9 Å². The zero-order valence-corrected chi connectivity index (χ0v) is 22.6. The molecule has 0 bridgehead atoms. The molecule has 0 N–H and O–H groups in total. The van der Waals surface area contributed by atoms with Crippen LogP contribution in [-0.4, -0.2) is 68.3 Å². The van der Waals surface area contributed by atoms with Gasteiger partial charge in [-0.25, -0.2) is 8.42 Å². The van der Waals surface area contributed by atoms with Gasteiger partial charge in [-0.3, -0.25) is 9.69 Å². The van der Waals surface area contributed by atoms with Gasteiger partial charge in [0.25, 0.3) is 5.56 Å². The largest absolute Gasteiger partial charge is 0.493 e. The predicted octanol–water partition coefficient (Wildman–Crippen LogP) is 2.86. The van der Waals surface area contributed by atoms with Crippen LogP contribution in [0.15, 0.2) is 35.3 Å². The maximum atomic E-state index is 12.9. The molecule has 3 heterocycles. The maximum absolute atomic E-state index is 12.9. The Labute approximate surface area is 211 Å². The van der Waals surface area contributed by atoms with E-state index in [4.69, 9.17) is 9.47 Å². The minimum absolute atomic E-state index is 0. The number of fused-ring (bicyclic) bond motifs is 1. The minimum Gasteiger partial charge on any atom is -0.493 e. The van der Waals surface area contributed by atoms with Gasteiger partial charge in [0.15, 0.2) is 11.5 Å². The lowest BCUT2D eigenvalue weighted by molar-refractivity contribution is 0.139. The summed E-state index contributed by atoms with van der Waals surface area (Å²) in [6.45, 7) is 4.40. The zero-order valence-electron chi connectivity index (χ0n) is 20.0. The fourth-order valence-corrected chi connectivity index (χ4v) is 6.82. The molecule has 11 heteroatoms. The van der Waals surface area contributed by atoms with Gasteiger partial charge in [0.2, 0.25) is 10.0 Å². The molecule has 8 nitrogen and oxygen atoms in total. The highest BCUT2D eigenvalue weighted by atomic mass is 32.2. The summed E-state index contributed by atoms with van der Waals surface area (Å²) >= 11 is 1.61. The number of hydrogen-bond acceptors (Lipinski definition) is 7. The summed E-state index contributed by atoms with van der Waals surface area (Å²) in [4.78, 5) is 16.2. The summed E-state index contributed by atoms with van der Waals surface area (Å²) in [6, 6.07) is 7.64. The first kappa shape index (κ1) is 26.6. The summed E-state index contributed by atoms with van der Waals surface area (Å²) in [5.41, 5.74) is 1.86. The van der Waals surface area contributed by atoms with E-state index in [-0.39, 0.29) is 25.1 Å². The lowest BCUT2D eigenvalue weighted by Gasteiger charge is -2.38. The van der Waals surface area contributed by atoms with Crippen molar-refractivity contribution in [2.45, 2.75) is 19.5 Å². The van der Waals surface area contributed by atoms with E-state index in [2.05, 4.69) is 4.90 Å². The van der Waals surface area contributed by atoms with Crippen LogP contribution in [0.2, 0.25) is 0 Å². The second-order valence-corrected chi connectivity index (χ2v) is 11.5. The summed E-state index contributed by atoms with van der Waals surface area (Å²) in [5.74, 6) is 1.28. The van der Waals surface area contributed by atoms with Crippen molar-refractivity contribution in [2.24, 2.45) is 7.05 Å². The summed E-state index contributed by atoms with van der Waals surface area (Å²) in [5, 5.41) is 0.688. The van der Waals surface area contributed by atoms with E-state index in [9.17, 15) is 13.2 Å². The number of hydrogen-bond donors (Lipinski definition) is 0. The molecule has 1 aliphatic heterocycles. The first-order valence-electron chi connectivity index (χ1n) is 10.7. The Morgan fingerprint density at radius 2 is 1.82 bits per heavy atom. The minimum atomic E-state index is -3.20.